The number of halogens is 3. The lowest BCUT2D eigenvalue weighted by Crippen LogP contribution is -2.04. The second-order valence-corrected chi connectivity index (χ2v) is 7.39. The maximum Gasteiger partial charge on any atom is 0.191 e. The van der Waals surface area contributed by atoms with Crippen molar-refractivity contribution in [3.8, 4) is 5.75 Å². The zero-order chi connectivity index (χ0) is 17.8. The molecule has 0 radical (unpaired) electrons. The topological polar surface area (TPSA) is 39.9 Å². The number of para-hydroxylation sites is 1. The quantitative estimate of drug-likeness (QED) is 0.489. The van der Waals surface area contributed by atoms with Gasteiger partial charge in [-0.05, 0) is 29.8 Å². The van der Waals surface area contributed by atoms with E-state index in [1.807, 2.05) is 41.9 Å². The molecule has 1 heterocycles. The minimum atomic E-state index is 0.287. The van der Waals surface area contributed by atoms with Crippen LogP contribution in [0.1, 0.15) is 11.4 Å². The Kier molecular flexibility index (Phi) is 6.12. The van der Waals surface area contributed by atoms with Crippen LogP contribution in [0.5, 0.6) is 5.75 Å². The summed E-state index contributed by atoms with van der Waals surface area (Å²) in [7, 11) is 1.90. The van der Waals surface area contributed by atoms with E-state index in [0.29, 0.717) is 32.4 Å². The van der Waals surface area contributed by atoms with Crippen molar-refractivity contribution in [2.45, 2.75) is 17.5 Å². The molecule has 0 aliphatic rings. The van der Waals surface area contributed by atoms with E-state index in [4.69, 9.17) is 39.5 Å². The van der Waals surface area contributed by atoms with Crippen LogP contribution in [0.2, 0.25) is 15.1 Å². The molecule has 0 aliphatic heterocycles. The predicted octanol–water partition coefficient (Wildman–Crippen LogP) is 5.65. The molecule has 0 atom stereocenters. The summed E-state index contributed by atoms with van der Waals surface area (Å²) in [5.41, 5.74) is 0.993. The number of nitrogens with zero attached hydrogens (tertiary/aromatic N) is 3. The van der Waals surface area contributed by atoms with E-state index in [9.17, 15) is 0 Å². The van der Waals surface area contributed by atoms with E-state index in [2.05, 4.69) is 10.2 Å². The summed E-state index contributed by atoms with van der Waals surface area (Å²) in [5.74, 6) is 2.01. The Bertz CT molecular complexity index is 885. The van der Waals surface area contributed by atoms with Crippen molar-refractivity contribution in [1.82, 2.24) is 14.8 Å². The average Bonchev–Trinajstić information content (AvgIpc) is 2.94. The fourth-order valence-corrected chi connectivity index (χ4v) is 3.76. The van der Waals surface area contributed by atoms with Crippen LogP contribution in [0.15, 0.2) is 47.6 Å². The van der Waals surface area contributed by atoms with Gasteiger partial charge in [0.1, 0.15) is 12.4 Å². The van der Waals surface area contributed by atoms with Crippen LogP contribution in [-0.4, -0.2) is 14.8 Å². The highest BCUT2D eigenvalue weighted by atomic mass is 35.5. The molecule has 0 unspecified atom stereocenters. The van der Waals surface area contributed by atoms with Crippen LogP contribution in [-0.2, 0) is 19.4 Å². The first-order valence-corrected chi connectivity index (χ1v) is 9.49. The molecule has 0 aliphatic carbocycles. The predicted molar refractivity (Wildman–Crippen MR) is 103 cm³/mol. The first-order chi connectivity index (χ1) is 12.0. The fourth-order valence-electron chi connectivity index (χ4n) is 2.08. The van der Waals surface area contributed by atoms with Crippen molar-refractivity contribution in [1.29, 1.82) is 0 Å². The molecule has 0 bridgehead atoms. The molecular weight excluding hydrogens is 401 g/mol. The van der Waals surface area contributed by atoms with Gasteiger partial charge in [0.2, 0.25) is 0 Å². The van der Waals surface area contributed by atoms with Crippen molar-refractivity contribution in [3.05, 3.63) is 68.9 Å². The summed E-state index contributed by atoms with van der Waals surface area (Å²) >= 11 is 19.7. The molecule has 130 valence electrons. The van der Waals surface area contributed by atoms with Gasteiger partial charge in [0.05, 0.1) is 5.02 Å². The molecule has 0 N–H and O–H groups in total. The van der Waals surface area contributed by atoms with Gasteiger partial charge in [0.25, 0.3) is 0 Å². The van der Waals surface area contributed by atoms with Crippen LogP contribution in [0.3, 0.4) is 0 Å². The summed E-state index contributed by atoms with van der Waals surface area (Å²) < 4.78 is 7.61. The molecule has 4 nitrogen and oxygen atoms in total. The summed E-state index contributed by atoms with van der Waals surface area (Å²) in [6, 6.07) is 12.8. The van der Waals surface area contributed by atoms with Crippen LogP contribution in [0.25, 0.3) is 0 Å². The van der Waals surface area contributed by atoms with E-state index < -0.39 is 0 Å². The molecule has 0 saturated heterocycles. The Hall–Kier alpha value is -1.40. The van der Waals surface area contributed by atoms with Gasteiger partial charge < -0.3 is 9.30 Å². The van der Waals surface area contributed by atoms with E-state index in [1.165, 1.54) is 0 Å². The van der Waals surface area contributed by atoms with Crippen molar-refractivity contribution < 1.29 is 4.74 Å². The van der Waals surface area contributed by atoms with Gasteiger partial charge in [-0.2, -0.15) is 0 Å². The number of hydrogen-bond acceptors (Lipinski definition) is 4. The molecule has 3 rings (SSSR count). The number of hydrogen-bond donors (Lipinski definition) is 0. The second kappa shape index (κ2) is 8.32. The lowest BCUT2D eigenvalue weighted by Gasteiger charge is -2.08. The molecule has 0 saturated carbocycles. The van der Waals surface area contributed by atoms with Gasteiger partial charge in [0.15, 0.2) is 11.0 Å². The van der Waals surface area contributed by atoms with Gasteiger partial charge in [-0.3, -0.25) is 0 Å². The molecule has 0 fully saturated rings. The first-order valence-electron chi connectivity index (χ1n) is 7.37. The summed E-state index contributed by atoms with van der Waals surface area (Å²) in [4.78, 5) is 0. The minimum absolute atomic E-state index is 0.287. The van der Waals surface area contributed by atoms with Gasteiger partial charge >= 0.3 is 0 Å². The normalized spacial score (nSPS) is 10.9. The van der Waals surface area contributed by atoms with Gasteiger partial charge in [-0.25, -0.2) is 0 Å². The number of rotatable bonds is 6. The van der Waals surface area contributed by atoms with Gasteiger partial charge in [-0.1, -0.05) is 64.8 Å². The molecule has 0 spiro atoms. The third kappa shape index (κ3) is 4.61. The fraction of sp³-hybridized carbons (Fsp3) is 0.176. The van der Waals surface area contributed by atoms with E-state index in [1.54, 1.807) is 23.9 Å². The lowest BCUT2D eigenvalue weighted by atomic mass is 10.2. The number of thioether (sulfide) groups is 1. The number of aromatic nitrogens is 3. The van der Waals surface area contributed by atoms with Crippen molar-refractivity contribution in [2.75, 3.05) is 0 Å². The molecular formula is C17H14Cl3N3OS. The maximum absolute atomic E-state index is 6.20. The Morgan fingerprint density at radius 3 is 2.60 bits per heavy atom. The molecule has 1 aromatic heterocycles. The first kappa shape index (κ1) is 18.4. The molecule has 3 aromatic rings. The zero-order valence-corrected chi connectivity index (χ0v) is 16.3. The Morgan fingerprint density at radius 2 is 1.84 bits per heavy atom. The maximum atomic E-state index is 6.20. The van der Waals surface area contributed by atoms with Gasteiger partial charge in [0, 0.05) is 22.8 Å². The molecule has 0 amide bonds. The van der Waals surface area contributed by atoms with E-state index >= 15 is 0 Å². The highest BCUT2D eigenvalue weighted by Crippen LogP contribution is 2.28. The molecule has 8 heteroatoms. The van der Waals surface area contributed by atoms with Crippen LogP contribution in [0, 0.1) is 0 Å². The highest BCUT2D eigenvalue weighted by molar-refractivity contribution is 7.98. The average molecular weight is 415 g/mol. The molecule has 25 heavy (non-hydrogen) atoms. The second-order valence-electron chi connectivity index (χ2n) is 5.20. The Morgan fingerprint density at radius 1 is 1.04 bits per heavy atom. The summed E-state index contributed by atoms with van der Waals surface area (Å²) in [5, 5.41) is 11.0. The molecule has 2 aromatic carbocycles. The number of benzene rings is 2. The third-order valence-corrected chi connectivity index (χ3v) is 5.46. The van der Waals surface area contributed by atoms with Crippen molar-refractivity contribution >= 4 is 46.6 Å². The standard InChI is InChI=1S/C17H14Cl3N3OS/c1-23-16(9-24-15-5-3-2-4-13(15)19)21-22-17(23)25-10-11-6-7-12(18)8-14(11)20/h2-8H,9-10H2,1H3. The van der Waals surface area contributed by atoms with Crippen LogP contribution >= 0.6 is 46.6 Å². The third-order valence-electron chi connectivity index (χ3n) is 3.49. The highest BCUT2D eigenvalue weighted by Gasteiger charge is 2.12. The minimum Gasteiger partial charge on any atom is -0.484 e. The summed E-state index contributed by atoms with van der Waals surface area (Å²) in [6.07, 6.45) is 0. The largest absolute Gasteiger partial charge is 0.484 e. The Balaban J connectivity index is 1.64. The van der Waals surface area contributed by atoms with Crippen molar-refractivity contribution in [3.63, 3.8) is 0 Å². The number of ether oxygens (including phenoxy) is 1. The van der Waals surface area contributed by atoms with Crippen LogP contribution in [0.4, 0.5) is 0 Å². The van der Waals surface area contributed by atoms with E-state index in [-0.39, 0.29) is 6.61 Å². The summed E-state index contributed by atoms with van der Waals surface area (Å²) in [6.45, 7) is 0.287. The van der Waals surface area contributed by atoms with E-state index in [0.717, 1.165) is 10.7 Å². The van der Waals surface area contributed by atoms with Crippen molar-refractivity contribution in [2.24, 2.45) is 7.05 Å². The zero-order valence-electron chi connectivity index (χ0n) is 13.2. The van der Waals surface area contributed by atoms with Gasteiger partial charge in [-0.15, -0.1) is 10.2 Å². The lowest BCUT2D eigenvalue weighted by molar-refractivity contribution is 0.290. The SMILES string of the molecule is Cn1c(COc2ccccc2Cl)nnc1SCc1ccc(Cl)cc1Cl. The monoisotopic (exact) mass is 413 g/mol. The van der Waals surface area contributed by atoms with Crippen LogP contribution < -0.4 is 4.74 Å². The Labute approximate surface area is 165 Å². The smallest absolute Gasteiger partial charge is 0.191 e.